The number of aliphatic hydroxyl groups excluding tert-OH is 1. The molecule has 1 atom stereocenters. The highest BCUT2D eigenvalue weighted by Gasteiger charge is 2.29. The smallest absolute Gasteiger partial charge is 0.315 e. The molecule has 0 aliphatic carbocycles. The van der Waals surface area contributed by atoms with E-state index in [1.807, 2.05) is 45.0 Å². The molecule has 0 saturated heterocycles. The number of rotatable bonds is 8. The molecular formula is C19H28N2O4. The molecule has 6 nitrogen and oxygen atoms in total. The Morgan fingerprint density at radius 2 is 1.88 bits per heavy atom. The lowest BCUT2D eigenvalue weighted by Gasteiger charge is -2.30. The van der Waals surface area contributed by atoms with Crippen molar-refractivity contribution in [3.8, 4) is 0 Å². The number of aliphatic hydroxyl groups is 1. The van der Waals surface area contributed by atoms with Crippen molar-refractivity contribution in [2.75, 3.05) is 13.2 Å². The molecule has 0 heterocycles. The van der Waals surface area contributed by atoms with Crippen LogP contribution in [-0.4, -0.2) is 35.4 Å². The van der Waals surface area contributed by atoms with Crippen LogP contribution in [0.2, 0.25) is 0 Å². The van der Waals surface area contributed by atoms with Gasteiger partial charge in [0.05, 0.1) is 18.6 Å². The third kappa shape index (κ3) is 6.23. The van der Waals surface area contributed by atoms with Crippen LogP contribution >= 0.6 is 0 Å². The van der Waals surface area contributed by atoms with Gasteiger partial charge < -0.3 is 20.8 Å². The molecule has 0 radical (unpaired) electrons. The minimum Gasteiger partial charge on any atom is -0.481 e. The number of hydrogen-bond donors (Lipinski definition) is 4. The molecule has 6 heteroatoms. The van der Waals surface area contributed by atoms with Crippen molar-refractivity contribution in [3.63, 3.8) is 0 Å². The summed E-state index contributed by atoms with van der Waals surface area (Å²) in [6.45, 7) is 11.0. The van der Waals surface area contributed by atoms with Crippen LogP contribution in [-0.2, 0) is 10.3 Å². The average molecular weight is 348 g/mol. The summed E-state index contributed by atoms with van der Waals surface area (Å²) in [6.07, 6.45) is -0.228. The Balaban J connectivity index is 2.76. The number of carbonyl (C=O) groups is 2. The Morgan fingerprint density at radius 1 is 1.24 bits per heavy atom. The molecule has 1 unspecified atom stereocenters. The van der Waals surface area contributed by atoms with Crippen molar-refractivity contribution in [1.29, 1.82) is 0 Å². The van der Waals surface area contributed by atoms with E-state index < -0.39 is 23.0 Å². The molecular weight excluding hydrogens is 320 g/mol. The van der Waals surface area contributed by atoms with Gasteiger partial charge in [0.1, 0.15) is 0 Å². The highest BCUT2D eigenvalue weighted by atomic mass is 16.4. The standard InChI is InChI=1S/C19H28N2O4/c1-13(2)14-7-6-8-15(9-14)18(3,4)21-17(25)20-11-19(5,12-22)10-16(23)24/h6-9,22H,1,10-12H2,2-5H3,(H,23,24)(H2,20,21,25). The number of allylic oxidation sites excluding steroid dienone is 1. The molecule has 0 fully saturated rings. The van der Waals surface area contributed by atoms with Gasteiger partial charge in [0.25, 0.3) is 0 Å². The summed E-state index contributed by atoms with van der Waals surface area (Å²) < 4.78 is 0. The van der Waals surface area contributed by atoms with Crippen molar-refractivity contribution < 1.29 is 19.8 Å². The van der Waals surface area contributed by atoms with E-state index in [-0.39, 0.29) is 19.6 Å². The summed E-state index contributed by atoms with van der Waals surface area (Å²) in [5.41, 5.74) is 1.33. The number of aliphatic carboxylic acids is 1. The SMILES string of the molecule is C=C(C)c1cccc(C(C)(C)NC(=O)NCC(C)(CO)CC(=O)O)c1. The summed E-state index contributed by atoms with van der Waals surface area (Å²) in [4.78, 5) is 23.1. The second-order valence-corrected chi connectivity index (χ2v) is 7.33. The Kier molecular flexibility index (Phi) is 6.76. The Bertz CT molecular complexity index is 655. The van der Waals surface area contributed by atoms with Gasteiger partial charge in [0.2, 0.25) is 0 Å². The molecule has 2 amide bonds. The van der Waals surface area contributed by atoms with Crippen molar-refractivity contribution in [1.82, 2.24) is 10.6 Å². The van der Waals surface area contributed by atoms with E-state index in [2.05, 4.69) is 17.2 Å². The average Bonchev–Trinajstić information content (AvgIpc) is 2.52. The van der Waals surface area contributed by atoms with E-state index in [1.54, 1.807) is 6.92 Å². The Labute approximate surface area is 148 Å². The molecule has 0 aliphatic rings. The fourth-order valence-electron chi connectivity index (χ4n) is 2.41. The fraction of sp³-hybridized carbons (Fsp3) is 0.474. The summed E-state index contributed by atoms with van der Waals surface area (Å²) in [5.74, 6) is -1.02. The van der Waals surface area contributed by atoms with Gasteiger partial charge in [0.15, 0.2) is 0 Å². The van der Waals surface area contributed by atoms with Crippen molar-refractivity contribution in [3.05, 3.63) is 42.0 Å². The molecule has 0 aromatic heterocycles. The number of carboxylic acids is 1. The lowest BCUT2D eigenvalue weighted by atomic mass is 9.88. The Morgan fingerprint density at radius 3 is 2.40 bits per heavy atom. The highest BCUT2D eigenvalue weighted by molar-refractivity contribution is 5.75. The monoisotopic (exact) mass is 348 g/mol. The molecule has 25 heavy (non-hydrogen) atoms. The Hall–Kier alpha value is -2.34. The zero-order valence-electron chi connectivity index (χ0n) is 15.3. The first-order valence-corrected chi connectivity index (χ1v) is 8.14. The third-order valence-electron chi connectivity index (χ3n) is 4.14. The zero-order chi connectivity index (χ0) is 19.3. The molecule has 138 valence electrons. The predicted molar refractivity (Wildman–Crippen MR) is 98.2 cm³/mol. The van der Waals surface area contributed by atoms with Gasteiger partial charge in [-0.25, -0.2) is 4.79 Å². The van der Waals surface area contributed by atoms with Crippen molar-refractivity contribution in [2.24, 2.45) is 5.41 Å². The van der Waals surface area contributed by atoms with Gasteiger partial charge in [-0.15, -0.1) is 0 Å². The van der Waals surface area contributed by atoms with E-state index >= 15 is 0 Å². The summed E-state index contributed by atoms with van der Waals surface area (Å²) >= 11 is 0. The maximum Gasteiger partial charge on any atom is 0.315 e. The number of urea groups is 1. The first kappa shape index (κ1) is 20.7. The van der Waals surface area contributed by atoms with Gasteiger partial charge in [0, 0.05) is 12.0 Å². The van der Waals surface area contributed by atoms with E-state index in [9.17, 15) is 14.7 Å². The minimum absolute atomic E-state index is 0.0590. The number of amides is 2. The second kappa shape index (κ2) is 8.16. The van der Waals surface area contributed by atoms with Crippen LogP contribution in [0.4, 0.5) is 4.79 Å². The molecule has 1 rings (SSSR count). The largest absolute Gasteiger partial charge is 0.481 e. The van der Waals surface area contributed by atoms with Crippen LogP contribution in [0.3, 0.4) is 0 Å². The summed E-state index contributed by atoms with van der Waals surface area (Å²) in [7, 11) is 0. The summed E-state index contributed by atoms with van der Waals surface area (Å²) in [6, 6.07) is 7.35. The molecule has 0 aliphatic heterocycles. The topological polar surface area (TPSA) is 98.7 Å². The van der Waals surface area contributed by atoms with E-state index in [0.29, 0.717) is 0 Å². The molecule has 1 aromatic carbocycles. The first-order chi connectivity index (χ1) is 11.5. The predicted octanol–water partition coefficient (Wildman–Crippen LogP) is 2.73. The number of carbonyl (C=O) groups excluding carboxylic acids is 1. The van der Waals surface area contributed by atoms with Crippen molar-refractivity contribution >= 4 is 17.6 Å². The molecule has 0 spiro atoms. The quantitative estimate of drug-likeness (QED) is 0.580. The van der Waals surface area contributed by atoms with Crippen LogP contribution in [0, 0.1) is 5.41 Å². The van der Waals surface area contributed by atoms with Gasteiger partial charge in [-0.3, -0.25) is 4.79 Å². The number of hydrogen-bond acceptors (Lipinski definition) is 3. The van der Waals surface area contributed by atoms with Crippen LogP contribution in [0.1, 0.15) is 45.2 Å². The van der Waals surface area contributed by atoms with Crippen LogP contribution < -0.4 is 10.6 Å². The maximum absolute atomic E-state index is 12.2. The van der Waals surface area contributed by atoms with Gasteiger partial charge in [-0.05, 0) is 38.0 Å². The lowest BCUT2D eigenvalue weighted by molar-refractivity contribution is -0.140. The van der Waals surface area contributed by atoms with E-state index in [4.69, 9.17) is 5.11 Å². The van der Waals surface area contributed by atoms with Crippen LogP contribution in [0.15, 0.2) is 30.8 Å². The third-order valence-corrected chi connectivity index (χ3v) is 4.14. The first-order valence-electron chi connectivity index (χ1n) is 8.14. The van der Waals surface area contributed by atoms with Crippen LogP contribution in [0.25, 0.3) is 5.57 Å². The molecule has 0 bridgehead atoms. The number of carboxylic acid groups (broad SMARTS) is 1. The minimum atomic E-state index is -1.02. The zero-order valence-corrected chi connectivity index (χ0v) is 15.3. The number of benzene rings is 1. The van der Waals surface area contributed by atoms with Crippen molar-refractivity contribution in [2.45, 2.75) is 39.7 Å². The number of nitrogens with one attached hydrogen (secondary N) is 2. The maximum atomic E-state index is 12.2. The molecule has 4 N–H and O–H groups in total. The van der Waals surface area contributed by atoms with Gasteiger partial charge in [-0.1, -0.05) is 37.3 Å². The molecule has 1 aromatic rings. The van der Waals surface area contributed by atoms with Gasteiger partial charge in [-0.2, -0.15) is 0 Å². The highest BCUT2D eigenvalue weighted by Crippen LogP contribution is 2.24. The second-order valence-electron chi connectivity index (χ2n) is 7.33. The van der Waals surface area contributed by atoms with Crippen LogP contribution in [0.5, 0.6) is 0 Å². The molecule has 0 saturated carbocycles. The normalized spacial score (nSPS) is 13.6. The van der Waals surface area contributed by atoms with E-state index in [0.717, 1.165) is 16.7 Å². The summed E-state index contributed by atoms with van der Waals surface area (Å²) in [5, 5.41) is 23.8. The lowest BCUT2D eigenvalue weighted by Crippen LogP contribution is -2.49. The fourth-order valence-corrected chi connectivity index (χ4v) is 2.41. The van der Waals surface area contributed by atoms with E-state index in [1.165, 1.54) is 0 Å². The van der Waals surface area contributed by atoms with Gasteiger partial charge >= 0.3 is 12.0 Å².